The average Bonchev–Trinajstić information content (AvgIpc) is 2.79. The van der Waals surface area contributed by atoms with Crippen LogP contribution in [0.3, 0.4) is 0 Å². The number of aliphatic carboxylic acids is 1. The maximum atomic E-state index is 11.9. The molecule has 168 valence electrons. The van der Waals surface area contributed by atoms with Crippen molar-refractivity contribution in [3.63, 3.8) is 0 Å². The van der Waals surface area contributed by atoms with Crippen LogP contribution in [-0.2, 0) is 17.8 Å². The molecule has 2 aliphatic rings. The topological polar surface area (TPSA) is 159 Å². The Bertz CT molecular complexity index is 1040. The molecule has 2 aliphatic heterocycles. The summed E-state index contributed by atoms with van der Waals surface area (Å²) < 4.78 is 11.7. The monoisotopic (exact) mass is 438 g/mol. The number of guanidine groups is 2. The molecule has 2 unspecified atom stereocenters. The maximum absolute atomic E-state index is 11.9. The second kappa shape index (κ2) is 9.04. The molecule has 0 aromatic heterocycles. The summed E-state index contributed by atoms with van der Waals surface area (Å²) in [5.74, 6) is 0.386. The first-order chi connectivity index (χ1) is 15.4. The number of carbonyl (C=O) groups is 1. The molecule has 2 atom stereocenters. The van der Waals surface area contributed by atoms with Crippen LogP contribution < -0.4 is 26.3 Å². The van der Waals surface area contributed by atoms with E-state index in [0.717, 1.165) is 17.5 Å². The van der Waals surface area contributed by atoms with Crippen molar-refractivity contribution in [1.29, 1.82) is 5.41 Å². The fraction of sp³-hybridized carbons (Fsp3) is 0.318. The Morgan fingerprint density at radius 2 is 1.97 bits per heavy atom. The van der Waals surface area contributed by atoms with Gasteiger partial charge >= 0.3 is 5.97 Å². The van der Waals surface area contributed by atoms with Crippen LogP contribution in [-0.4, -0.2) is 53.6 Å². The molecule has 2 aromatic carbocycles. The molecular formula is C22H26N6O4. The second-order valence-corrected chi connectivity index (χ2v) is 7.74. The summed E-state index contributed by atoms with van der Waals surface area (Å²) in [7, 11) is 0. The number of hydrogen-bond acceptors (Lipinski definition) is 7. The Kier molecular flexibility index (Phi) is 6.02. The van der Waals surface area contributed by atoms with E-state index in [1.807, 2.05) is 12.1 Å². The number of aliphatic imine (C=N–C) groups is 1. The molecular weight excluding hydrogens is 412 g/mol. The molecule has 0 bridgehead atoms. The van der Waals surface area contributed by atoms with Crippen molar-refractivity contribution in [1.82, 2.24) is 10.2 Å². The van der Waals surface area contributed by atoms with Gasteiger partial charge in [0.05, 0.1) is 13.1 Å². The highest BCUT2D eigenvalue weighted by atomic mass is 16.5. The van der Waals surface area contributed by atoms with E-state index in [9.17, 15) is 9.90 Å². The number of hydrogen-bond donors (Lipinski definition) is 5. The standard InChI is InChI=1S/C22H26N6O4/c23-21(24)28-8-7-13-1-6-17(9-15(13)12-28)32-19(20(29)30)14-2-4-16(5-3-14)31-18-10-26-22(25)27-11-18/h1-6,9,18-19H,7-8,10-12H2,(H3,23,24)(H,29,30)(H3,25,26,27). The molecule has 0 saturated heterocycles. The number of nitrogens with one attached hydrogen (secondary N) is 2. The van der Waals surface area contributed by atoms with Gasteiger partial charge < -0.3 is 36.3 Å². The summed E-state index contributed by atoms with van der Waals surface area (Å²) in [4.78, 5) is 17.8. The molecule has 0 amide bonds. The lowest BCUT2D eigenvalue weighted by molar-refractivity contribution is -0.145. The predicted molar refractivity (Wildman–Crippen MR) is 119 cm³/mol. The zero-order valence-corrected chi connectivity index (χ0v) is 17.5. The van der Waals surface area contributed by atoms with E-state index in [0.29, 0.717) is 49.2 Å². The van der Waals surface area contributed by atoms with Gasteiger partial charge in [0.25, 0.3) is 0 Å². The van der Waals surface area contributed by atoms with E-state index in [4.69, 9.17) is 26.4 Å². The predicted octanol–water partition coefficient (Wildman–Crippen LogP) is 0.808. The van der Waals surface area contributed by atoms with Gasteiger partial charge in [0.2, 0.25) is 6.10 Å². The van der Waals surface area contributed by atoms with Crippen molar-refractivity contribution in [2.24, 2.45) is 16.5 Å². The van der Waals surface area contributed by atoms with Crippen molar-refractivity contribution >= 4 is 17.9 Å². The first-order valence-electron chi connectivity index (χ1n) is 10.3. The van der Waals surface area contributed by atoms with Gasteiger partial charge in [-0.3, -0.25) is 5.41 Å². The van der Waals surface area contributed by atoms with E-state index in [1.165, 1.54) is 0 Å². The smallest absolute Gasteiger partial charge is 0.349 e. The second-order valence-electron chi connectivity index (χ2n) is 7.74. The number of nitrogens with zero attached hydrogens (tertiary/aromatic N) is 2. The lowest BCUT2D eigenvalue weighted by atomic mass is 9.99. The number of carboxylic acids is 1. The van der Waals surface area contributed by atoms with Gasteiger partial charge in [0, 0.05) is 18.7 Å². The minimum Gasteiger partial charge on any atom is -0.487 e. The van der Waals surface area contributed by atoms with Crippen molar-refractivity contribution in [3.8, 4) is 11.5 Å². The van der Waals surface area contributed by atoms with Crippen LogP contribution in [0.15, 0.2) is 47.5 Å². The highest BCUT2D eigenvalue weighted by Gasteiger charge is 2.24. The van der Waals surface area contributed by atoms with Crippen LogP contribution in [0.2, 0.25) is 0 Å². The van der Waals surface area contributed by atoms with Gasteiger partial charge in [-0.1, -0.05) is 18.2 Å². The van der Waals surface area contributed by atoms with E-state index in [1.54, 1.807) is 35.2 Å². The lowest BCUT2D eigenvalue weighted by Gasteiger charge is -2.29. The first kappa shape index (κ1) is 21.3. The largest absolute Gasteiger partial charge is 0.487 e. The minimum absolute atomic E-state index is 0.0203. The zero-order chi connectivity index (χ0) is 22.7. The molecule has 2 aromatic rings. The first-order valence-corrected chi connectivity index (χ1v) is 10.3. The average molecular weight is 438 g/mol. The van der Waals surface area contributed by atoms with Crippen molar-refractivity contribution < 1.29 is 19.4 Å². The molecule has 10 nitrogen and oxygen atoms in total. The normalized spacial score (nSPS) is 18.6. The van der Waals surface area contributed by atoms with Crippen LogP contribution in [0.4, 0.5) is 0 Å². The number of nitrogens with two attached hydrogens (primary N) is 2. The molecule has 7 N–H and O–H groups in total. The Morgan fingerprint density at radius 1 is 1.22 bits per heavy atom. The van der Waals surface area contributed by atoms with Crippen LogP contribution in [0.25, 0.3) is 0 Å². The lowest BCUT2D eigenvalue weighted by Crippen LogP contribution is -2.45. The molecule has 10 heteroatoms. The van der Waals surface area contributed by atoms with Crippen LogP contribution in [0.1, 0.15) is 22.8 Å². The summed E-state index contributed by atoms with van der Waals surface area (Å²) in [5, 5.41) is 20.3. The zero-order valence-electron chi connectivity index (χ0n) is 17.5. The number of fused-ring (bicyclic) bond motifs is 1. The van der Waals surface area contributed by atoms with E-state index >= 15 is 0 Å². The Labute approximate surface area is 185 Å². The van der Waals surface area contributed by atoms with Crippen molar-refractivity contribution in [3.05, 3.63) is 59.2 Å². The summed E-state index contributed by atoms with van der Waals surface area (Å²) in [6.07, 6.45) is -0.548. The van der Waals surface area contributed by atoms with E-state index < -0.39 is 12.1 Å². The Morgan fingerprint density at radius 3 is 2.62 bits per heavy atom. The minimum atomic E-state index is -1.17. The summed E-state index contributed by atoms with van der Waals surface area (Å²) >= 11 is 0. The number of benzene rings is 2. The van der Waals surface area contributed by atoms with Crippen molar-refractivity contribution in [2.45, 2.75) is 25.2 Å². The van der Waals surface area contributed by atoms with E-state index in [2.05, 4.69) is 10.3 Å². The summed E-state index contributed by atoms with van der Waals surface area (Å²) in [6.45, 7) is 2.20. The van der Waals surface area contributed by atoms with Crippen LogP contribution >= 0.6 is 0 Å². The highest BCUT2D eigenvalue weighted by Crippen LogP contribution is 2.28. The van der Waals surface area contributed by atoms with Gasteiger partial charge in [-0.25, -0.2) is 9.79 Å². The summed E-state index contributed by atoms with van der Waals surface area (Å²) in [6, 6.07) is 12.3. The summed E-state index contributed by atoms with van der Waals surface area (Å²) in [5.41, 5.74) is 13.8. The maximum Gasteiger partial charge on any atom is 0.349 e. The number of rotatable bonds is 6. The van der Waals surface area contributed by atoms with Gasteiger partial charge in [0.1, 0.15) is 17.6 Å². The quantitative estimate of drug-likeness (QED) is 0.327. The highest BCUT2D eigenvalue weighted by molar-refractivity contribution is 5.78. The van der Waals surface area contributed by atoms with Crippen molar-refractivity contribution in [2.75, 3.05) is 19.6 Å². The molecule has 0 fully saturated rings. The molecule has 0 aliphatic carbocycles. The number of carboxylic acid groups (broad SMARTS) is 1. The van der Waals surface area contributed by atoms with Crippen LogP contribution in [0, 0.1) is 5.41 Å². The molecule has 32 heavy (non-hydrogen) atoms. The Hall–Kier alpha value is -3.95. The molecule has 2 heterocycles. The third kappa shape index (κ3) is 4.85. The fourth-order valence-corrected chi connectivity index (χ4v) is 3.74. The van der Waals surface area contributed by atoms with Gasteiger partial charge in [-0.15, -0.1) is 0 Å². The third-order valence-electron chi connectivity index (χ3n) is 5.47. The number of ether oxygens (including phenoxy) is 2. The van der Waals surface area contributed by atoms with E-state index in [-0.39, 0.29) is 12.1 Å². The van der Waals surface area contributed by atoms with Gasteiger partial charge in [-0.05, 0) is 41.8 Å². The fourth-order valence-electron chi connectivity index (χ4n) is 3.74. The molecule has 0 saturated carbocycles. The Balaban J connectivity index is 1.46. The molecule has 4 rings (SSSR count). The SMILES string of the molecule is N=C(N)N1CCc2ccc(OC(C(=O)O)c3ccc(OC4CN=C(N)NC4)cc3)cc2C1. The molecule has 0 radical (unpaired) electrons. The van der Waals surface area contributed by atoms with Crippen LogP contribution in [0.5, 0.6) is 11.5 Å². The van der Waals surface area contributed by atoms with Gasteiger partial charge in [0.15, 0.2) is 11.9 Å². The third-order valence-corrected chi connectivity index (χ3v) is 5.47. The molecule has 0 spiro atoms. The van der Waals surface area contributed by atoms with Gasteiger partial charge in [-0.2, -0.15) is 0 Å².